The Labute approximate surface area is 153 Å². The van der Waals surface area contributed by atoms with Gasteiger partial charge in [-0.3, -0.25) is 4.90 Å². The van der Waals surface area contributed by atoms with Crippen molar-refractivity contribution in [1.29, 1.82) is 0 Å². The molecule has 0 saturated carbocycles. The van der Waals surface area contributed by atoms with Crippen molar-refractivity contribution >= 4 is 11.5 Å². The van der Waals surface area contributed by atoms with Crippen molar-refractivity contribution in [2.45, 2.75) is 13.8 Å². The minimum atomic E-state index is 0.831. The molecule has 6 nitrogen and oxygen atoms in total. The summed E-state index contributed by atoms with van der Waals surface area (Å²) in [7, 11) is 0. The number of aryl methyl sites for hydroxylation is 2. The Bertz CT molecular complexity index is 884. The molecule has 3 heterocycles. The predicted molar refractivity (Wildman–Crippen MR) is 104 cm³/mol. The normalized spacial score (nSPS) is 15.5. The topological polar surface area (TPSA) is 54.7 Å². The van der Waals surface area contributed by atoms with E-state index in [9.17, 15) is 0 Å². The van der Waals surface area contributed by atoms with Crippen LogP contribution in [0.1, 0.15) is 11.3 Å². The summed E-state index contributed by atoms with van der Waals surface area (Å²) in [6.45, 7) is 9.67. The Kier molecular flexibility index (Phi) is 4.86. The molecule has 0 radical (unpaired) electrons. The quantitative estimate of drug-likeness (QED) is 0.766. The summed E-state index contributed by atoms with van der Waals surface area (Å²) in [5, 5.41) is 8.39. The summed E-state index contributed by atoms with van der Waals surface area (Å²) in [4.78, 5) is 7.14. The number of anilines is 1. The molecule has 26 heavy (non-hydrogen) atoms. The van der Waals surface area contributed by atoms with Gasteiger partial charge in [-0.15, -0.1) is 0 Å². The van der Waals surface area contributed by atoms with E-state index in [1.807, 2.05) is 29.6 Å². The fourth-order valence-corrected chi connectivity index (χ4v) is 3.41. The van der Waals surface area contributed by atoms with E-state index < -0.39 is 0 Å². The molecule has 0 spiro atoms. The van der Waals surface area contributed by atoms with Crippen LogP contribution in [-0.4, -0.2) is 58.9 Å². The lowest BCUT2D eigenvalue weighted by Crippen LogP contribution is -2.39. The predicted octanol–water partition coefficient (Wildman–Crippen LogP) is 2.76. The molecule has 0 unspecified atom stereocenters. The van der Waals surface area contributed by atoms with Gasteiger partial charge in [0, 0.05) is 49.1 Å². The zero-order valence-electron chi connectivity index (χ0n) is 15.4. The highest BCUT2D eigenvalue weighted by molar-refractivity contribution is 5.71. The number of ether oxygens (including phenoxy) is 1. The minimum Gasteiger partial charge on any atom is -0.379 e. The van der Waals surface area contributed by atoms with Crippen LogP contribution in [0.25, 0.3) is 16.9 Å². The number of rotatable bonds is 5. The Hall–Kier alpha value is -2.44. The SMILES string of the molecule is Cc1cc(NCCN2CCOCC2)n2nc(-c3ccccc3)c(C)c2n1. The maximum atomic E-state index is 5.41. The minimum absolute atomic E-state index is 0.831. The third-order valence-electron chi connectivity index (χ3n) is 4.83. The Morgan fingerprint density at radius 2 is 1.88 bits per heavy atom. The third-order valence-corrected chi connectivity index (χ3v) is 4.83. The number of morpholine rings is 1. The van der Waals surface area contributed by atoms with Crippen LogP contribution in [0.15, 0.2) is 36.4 Å². The highest BCUT2D eigenvalue weighted by atomic mass is 16.5. The van der Waals surface area contributed by atoms with Gasteiger partial charge in [-0.1, -0.05) is 30.3 Å². The second-order valence-corrected chi connectivity index (χ2v) is 6.74. The van der Waals surface area contributed by atoms with Crippen LogP contribution in [0.5, 0.6) is 0 Å². The summed E-state index contributed by atoms with van der Waals surface area (Å²) in [5.74, 6) is 0.992. The molecule has 0 aliphatic carbocycles. The summed E-state index contributed by atoms with van der Waals surface area (Å²) >= 11 is 0. The van der Waals surface area contributed by atoms with Gasteiger partial charge >= 0.3 is 0 Å². The number of hydrogen-bond donors (Lipinski definition) is 1. The molecule has 1 saturated heterocycles. The maximum absolute atomic E-state index is 5.41. The molecule has 136 valence electrons. The van der Waals surface area contributed by atoms with Crippen molar-refractivity contribution in [1.82, 2.24) is 19.5 Å². The molecule has 1 aromatic carbocycles. The van der Waals surface area contributed by atoms with Crippen molar-refractivity contribution in [2.75, 3.05) is 44.7 Å². The molecule has 1 N–H and O–H groups in total. The van der Waals surface area contributed by atoms with Crippen molar-refractivity contribution in [3.63, 3.8) is 0 Å². The van der Waals surface area contributed by atoms with Crippen molar-refractivity contribution < 1.29 is 4.74 Å². The molecular formula is C20H25N5O. The number of benzene rings is 1. The van der Waals surface area contributed by atoms with Gasteiger partial charge in [0.05, 0.1) is 18.9 Å². The van der Waals surface area contributed by atoms with Crippen molar-refractivity contribution in [3.05, 3.63) is 47.7 Å². The van der Waals surface area contributed by atoms with Crippen molar-refractivity contribution in [2.24, 2.45) is 0 Å². The van der Waals surface area contributed by atoms with E-state index >= 15 is 0 Å². The molecule has 1 aliphatic heterocycles. The largest absolute Gasteiger partial charge is 0.379 e. The first-order chi connectivity index (χ1) is 12.7. The van der Waals surface area contributed by atoms with E-state index in [1.165, 1.54) is 0 Å². The molecule has 1 fully saturated rings. The number of nitrogens with one attached hydrogen (secondary N) is 1. The molecule has 6 heteroatoms. The number of aromatic nitrogens is 3. The van der Waals surface area contributed by atoms with Gasteiger partial charge in [0.2, 0.25) is 0 Å². The summed E-state index contributed by atoms with van der Waals surface area (Å²) < 4.78 is 7.35. The van der Waals surface area contributed by atoms with Crippen LogP contribution in [0, 0.1) is 13.8 Å². The van der Waals surface area contributed by atoms with Gasteiger partial charge in [-0.25, -0.2) is 4.98 Å². The van der Waals surface area contributed by atoms with Gasteiger partial charge in [0.1, 0.15) is 5.82 Å². The average Bonchev–Trinajstić information content (AvgIpc) is 3.00. The molecule has 0 amide bonds. The number of fused-ring (bicyclic) bond motifs is 1. The van der Waals surface area contributed by atoms with Gasteiger partial charge in [0.25, 0.3) is 0 Å². The first-order valence-electron chi connectivity index (χ1n) is 9.19. The molecule has 4 rings (SSSR count). The monoisotopic (exact) mass is 351 g/mol. The van der Waals surface area contributed by atoms with Crippen LogP contribution in [0.2, 0.25) is 0 Å². The number of nitrogens with zero attached hydrogens (tertiary/aromatic N) is 4. The molecule has 2 aromatic heterocycles. The second kappa shape index (κ2) is 7.43. The standard InChI is InChI=1S/C20H25N5O/c1-15-14-18(21-8-9-24-10-12-26-13-11-24)25-20(22-15)16(2)19(23-25)17-6-4-3-5-7-17/h3-7,14,21H,8-13H2,1-2H3. The highest BCUT2D eigenvalue weighted by Crippen LogP contribution is 2.26. The fraction of sp³-hybridized carbons (Fsp3) is 0.400. The molecular weight excluding hydrogens is 326 g/mol. The number of hydrogen-bond acceptors (Lipinski definition) is 5. The Morgan fingerprint density at radius 3 is 2.65 bits per heavy atom. The van der Waals surface area contributed by atoms with Gasteiger partial charge in [-0.05, 0) is 13.8 Å². The molecule has 0 bridgehead atoms. The Balaban J connectivity index is 1.60. The first kappa shape index (κ1) is 17.0. The summed E-state index contributed by atoms with van der Waals surface area (Å²) in [5.41, 5.74) is 5.12. The maximum Gasteiger partial charge on any atom is 0.161 e. The van der Waals surface area contributed by atoms with Gasteiger partial charge in [-0.2, -0.15) is 9.61 Å². The molecule has 3 aromatic rings. The van der Waals surface area contributed by atoms with Crippen molar-refractivity contribution in [3.8, 4) is 11.3 Å². The van der Waals surface area contributed by atoms with E-state index in [1.54, 1.807) is 0 Å². The van der Waals surface area contributed by atoms with Gasteiger partial charge in [0.15, 0.2) is 5.65 Å². The Morgan fingerprint density at radius 1 is 1.12 bits per heavy atom. The van der Waals surface area contributed by atoms with Crippen LogP contribution < -0.4 is 5.32 Å². The van der Waals surface area contributed by atoms with Crippen LogP contribution in [0.4, 0.5) is 5.82 Å². The summed E-state index contributed by atoms with van der Waals surface area (Å²) in [6, 6.07) is 12.3. The lowest BCUT2D eigenvalue weighted by Gasteiger charge is -2.26. The van der Waals surface area contributed by atoms with Crippen LogP contribution in [-0.2, 0) is 4.74 Å². The lowest BCUT2D eigenvalue weighted by molar-refractivity contribution is 0.0398. The molecule has 0 atom stereocenters. The first-order valence-corrected chi connectivity index (χ1v) is 9.19. The average molecular weight is 351 g/mol. The zero-order chi connectivity index (χ0) is 17.9. The van der Waals surface area contributed by atoms with E-state index in [4.69, 9.17) is 14.8 Å². The zero-order valence-corrected chi connectivity index (χ0v) is 15.4. The van der Waals surface area contributed by atoms with Crippen LogP contribution >= 0.6 is 0 Å². The highest BCUT2D eigenvalue weighted by Gasteiger charge is 2.15. The van der Waals surface area contributed by atoms with E-state index in [2.05, 4.69) is 35.3 Å². The summed E-state index contributed by atoms with van der Waals surface area (Å²) in [6.07, 6.45) is 0. The third kappa shape index (κ3) is 3.43. The fourth-order valence-electron chi connectivity index (χ4n) is 3.41. The van der Waals surface area contributed by atoms with E-state index in [0.29, 0.717) is 0 Å². The van der Waals surface area contributed by atoms with E-state index in [0.717, 1.165) is 73.4 Å². The lowest BCUT2D eigenvalue weighted by atomic mass is 10.1. The van der Waals surface area contributed by atoms with E-state index in [-0.39, 0.29) is 0 Å². The smallest absolute Gasteiger partial charge is 0.161 e. The van der Waals surface area contributed by atoms with Crippen LogP contribution in [0.3, 0.4) is 0 Å². The second-order valence-electron chi connectivity index (χ2n) is 6.74. The van der Waals surface area contributed by atoms with Gasteiger partial charge < -0.3 is 10.1 Å². The molecule has 1 aliphatic rings.